The smallest absolute Gasteiger partial charge is 0.385 e. The van der Waals surface area contributed by atoms with Gasteiger partial charge in [-0.2, -0.15) is 14.0 Å². The van der Waals surface area contributed by atoms with Crippen LogP contribution in [0.4, 0.5) is 5.95 Å². The third kappa shape index (κ3) is 3.05. The highest BCUT2D eigenvalue weighted by molar-refractivity contribution is 7.85. The van der Waals surface area contributed by atoms with Crippen molar-refractivity contribution in [3.63, 3.8) is 0 Å². The van der Waals surface area contributed by atoms with Crippen LogP contribution in [-0.4, -0.2) is 62.0 Å². The molecule has 5 rings (SSSR count). The summed E-state index contributed by atoms with van der Waals surface area (Å²) in [6, 6.07) is 9.06. The van der Waals surface area contributed by atoms with Gasteiger partial charge in [0.15, 0.2) is 23.5 Å². The van der Waals surface area contributed by atoms with Crippen LogP contribution in [0.2, 0.25) is 0 Å². The van der Waals surface area contributed by atoms with E-state index in [4.69, 9.17) is 27.1 Å². The molecule has 0 aliphatic carbocycles. The van der Waals surface area contributed by atoms with Gasteiger partial charge in [-0.1, -0.05) is 30.3 Å². The molecule has 0 bridgehead atoms. The van der Waals surface area contributed by atoms with Gasteiger partial charge in [-0.15, -0.1) is 0 Å². The number of benzene rings is 1. The zero-order chi connectivity index (χ0) is 20.3. The number of imidazole rings is 1. The molecule has 0 saturated carbocycles. The quantitative estimate of drug-likeness (QED) is 0.330. The molecule has 2 unspecified atom stereocenters. The molecule has 0 amide bonds. The topological polar surface area (TPSA) is 158 Å². The number of H-pyrrole nitrogens is 1. The maximum atomic E-state index is 12.4. The Morgan fingerprint density at radius 3 is 2.83 bits per heavy atom. The second-order valence-corrected chi connectivity index (χ2v) is 8.38. The van der Waals surface area contributed by atoms with Crippen LogP contribution < -0.4 is 11.3 Å². The van der Waals surface area contributed by atoms with E-state index in [9.17, 15) is 14.8 Å². The summed E-state index contributed by atoms with van der Waals surface area (Å²) in [5.41, 5.74) is 6.07. The van der Waals surface area contributed by atoms with Gasteiger partial charge < -0.3 is 15.6 Å². The van der Waals surface area contributed by atoms with E-state index < -0.39 is 37.9 Å². The molecule has 2 radical (unpaired) electrons. The van der Waals surface area contributed by atoms with Crippen LogP contribution in [0.3, 0.4) is 0 Å². The lowest BCUT2D eigenvalue weighted by atomic mass is 10.1. The fraction of sp³-hybridized carbons (Fsp3) is 0.312. The first kappa shape index (κ1) is 18.7. The van der Waals surface area contributed by atoms with Crippen LogP contribution in [0.1, 0.15) is 6.23 Å². The zero-order valence-corrected chi connectivity index (χ0v) is 15.8. The van der Waals surface area contributed by atoms with E-state index >= 15 is 0 Å². The number of hydrogen-bond donors (Lipinski definition) is 4. The second-order valence-electron chi connectivity index (χ2n) is 6.78. The van der Waals surface area contributed by atoms with E-state index in [2.05, 4.69) is 15.0 Å². The van der Waals surface area contributed by atoms with E-state index in [1.165, 1.54) is 4.57 Å². The first-order valence-electron chi connectivity index (χ1n) is 8.74. The summed E-state index contributed by atoms with van der Waals surface area (Å²) in [5.74, 6) is 0.251. The van der Waals surface area contributed by atoms with E-state index in [1.807, 2.05) is 18.2 Å². The van der Waals surface area contributed by atoms with Crippen molar-refractivity contribution in [1.29, 1.82) is 0 Å². The summed E-state index contributed by atoms with van der Waals surface area (Å²) in [6.07, 6.45) is -3.86. The molecule has 2 aliphatic heterocycles. The van der Waals surface area contributed by atoms with Crippen LogP contribution in [0, 0.1) is 0 Å². The Hall–Kier alpha value is -2.34. The molecular weight excluding hydrogens is 400 g/mol. The number of anilines is 1. The van der Waals surface area contributed by atoms with Crippen molar-refractivity contribution in [3.8, 4) is 11.4 Å². The first-order chi connectivity index (χ1) is 13.8. The van der Waals surface area contributed by atoms with Crippen molar-refractivity contribution in [2.75, 3.05) is 12.3 Å². The summed E-state index contributed by atoms with van der Waals surface area (Å²) in [7, 11) is 2.04. The lowest BCUT2D eigenvalue weighted by Gasteiger charge is -2.27. The van der Waals surface area contributed by atoms with Crippen LogP contribution in [0.15, 0.2) is 35.1 Å². The van der Waals surface area contributed by atoms with Crippen LogP contribution >= 0.6 is 7.82 Å². The van der Waals surface area contributed by atoms with E-state index in [-0.39, 0.29) is 23.7 Å². The molecule has 148 valence electrons. The number of nitrogens with zero attached hydrogens (tertiary/aromatic N) is 3. The Morgan fingerprint density at radius 1 is 1.31 bits per heavy atom. The van der Waals surface area contributed by atoms with E-state index in [0.717, 1.165) is 0 Å². The standard InChI is InChI=1S/C16H16BN5O6P/c17-29(25)26-6-8-11(28-29)10(23)15(27-8)22-12(7-4-2-1-3-5-7)19-9-13(22)20-16(18)21-14(9)24/h1-5,8,10-11,15,23,25H,6H2,(H3,18,20,21,24)/q+1/t8-,10?,11-,15-,29?/m1/s1. The molecular formula is C16H16BN5O6P+. The Kier molecular flexibility index (Phi) is 4.25. The SMILES string of the molecule is [B][P+]1(O)OC[C@H]2O[C@@H](n3c(-c4ccccc4)nc4c(=O)[nH]c(N)nc43)C(O)[C@@H]2O1. The number of rotatable bonds is 2. The molecule has 2 saturated heterocycles. The summed E-state index contributed by atoms with van der Waals surface area (Å²) < 4.78 is 17.9. The normalized spacial score (nSPS) is 31.8. The number of hydrogen-bond acceptors (Lipinski definition) is 9. The molecule has 1 aromatic carbocycles. The molecule has 5 atom stereocenters. The number of aromatic amines is 1. The minimum atomic E-state index is -3.54. The fourth-order valence-electron chi connectivity index (χ4n) is 3.62. The number of ether oxygens (including phenoxy) is 1. The van der Waals surface area contributed by atoms with Gasteiger partial charge in [0.2, 0.25) is 5.95 Å². The number of nitrogen functional groups attached to an aromatic ring is 1. The number of nitrogens with one attached hydrogen (secondary N) is 1. The Morgan fingerprint density at radius 2 is 2.07 bits per heavy atom. The van der Waals surface area contributed by atoms with Gasteiger partial charge in [0.25, 0.3) is 5.56 Å². The molecule has 2 aliphatic rings. The molecule has 2 fully saturated rings. The van der Waals surface area contributed by atoms with Crippen LogP contribution in [-0.2, 0) is 13.8 Å². The zero-order valence-electron chi connectivity index (χ0n) is 14.9. The highest BCUT2D eigenvalue weighted by Gasteiger charge is 2.57. The molecule has 13 heteroatoms. The number of aliphatic hydroxyl groups excluding tert-OH is 1. The van der Waals surface area contributed by atoms with Gasteiger partial charge in [0, 0.05) is 5.56 Å². The minimum absolute atomic E-state index is 0.0451. The fourth-order valence-corrected chi connectivity index (χ4v) is 4.65. The summed E-state index contributed by atoms with van der Waals surface area (Å²) in [4.78, 5) is 33.3. The van der Waals surface area contributed by atoms with Gasteiger partial charge in [0.05, 0.1) is 0 Å². The van der Waals surface area contributed by atoms with Crippen molar-refractivity contribution < 1.29 is 23.8 Å². The third-order valence-electron chi connectivity index (χ3n) is 4.86. The van der Waals surface area contributed by atoms with Crippen LogP contribution in [0.25, 0.3) is 22.6 Å². The van der Waals surface area contributed by atoms with Crippen molar-refractivity contribution in [1.82, 2.24) is 19.5 Å². The number of fused-ring (bicyclic) bond motifs is 2. The minimum Gasteiger partial charge on any atom is -0.385 e. The van der Waals surface area contributed by atoms with Crippen molar-refractivity contribution >= 4 is 32.5 Å². The Balaban J connectivity index is 1.69. The van der Waals surface area contributed by atoms with Crippen molar-refractivity contribution in [2.45, 2.75) is 24.5 Å². The maximum Gasteiger partial charge on any atom is 0.488 e. The van der Waals surface area contributed by atoms with E-state index in [1.54, 1.807) is 12.1 Å². The average molecular weight is 416 g/mol. The molecule has 3 aromatic rings. The third-order valence-corrected chi connectivity index (χ3v) is 5.93. The van der Waals surface area contributed by atoms with Crippen molar-refractivity contribution in [2.24, 2.45) is 0 Å². The van der Waals surface area contributed by atoms with Gasteiger partial charge in [-0.25, -0.2) is 9.88 Å². The largest absolute Gasteiger partial charge is 0.488 e. The molecule has 0 spiro atoms. The van der Waals surface area contributed by atoms with E-state index in [0.29, 0.717) is 11.4 Å². The van der Waals surface area contributed by atoms with Gasteiger partial charge >= 0.3 is 15.4 Å². The summed E-state index contributed by atoms with van der Waals surface area (Å²) in [6.45, 7) is -0.0531. The summed E-state index contributed by atoms with van der Waals surface area (Å²) in [5, 5.41) is 10.9. The second kappa shape index (κ2) is 6.59. The van der Waals surface area contributed by atoms with Crippen LogP contribution in [0.5, 0.6) is 0 Å². The van der Waals surface area contributed by atoms with Gasteiger partial charge in [-0.3, -0.25) is 14.3 Å². The number of aromatic nitrogens is 4. The Bertz CT molecular complexity index is 1140. The number of aliphatic hydroxyl groups is 1. The Labute approximate surface area is 165 Å². The highest BCUT2D eigenvalue weighted by atomic mass is 31.2. The molecule has 2 aromatic heterocycles. The predicted molar refractivity (Wildman–Crippen MR) is 104 cm³/mol. The monoisotopic (exact) mass is 416 g/mol. The lowest BCUT2D eigenvalue weighted by Crippen LogP contribution is -2.40. The maximum absolute atomic E-state index is 12.4. The number of nitrogens with two attached hydrogens (primary N) is 1. The van der Waals surface area contributed by atoms with Gasteiger partial charge in [-0.05, 0) is 0 Å². The molecule has 11 nitrogen and oxygen atoms in total. The summed E-state index contributed by atoms with van der Waals surface area (Å²) >= 11 is 0. The van der Waals surface area contributed by atoms with Crippen molar-refractivity contribution in [3.05, 3.63) is 40.7 Å². The first-order valence-corrected chi connectivity index (χ1v) is 10.4. The average Bonchev–Trinajstić information content (AvgIpc) is 3.20. The van der Waals surface area contributed by atoms with Gasteiger partial charge in [0.1, 0.15) is 24.6 Å². The lowest BCUT2D eigenvalue weighted by molar-refractivity contribution is -0.0598. The predicted octanol–water partition coefficient (Wildman–Crippen LogP) is -0.119. The highest BCUT2D eigenvalue weighted by Crippen LogP contribution is 2.58. The molecule has 4 heterocycles. The molecule has 5 N–H and O–H groups in total. The molecule has 29 heavy (non-hydrogen) atoms.